The Morgan fingerprint density at radius 2 is 1.93 bits per heavy atom. The van der Waals surface area contributed by atoms with Crippen LogP contribution in [0.3, 0.4) is 0 Å². The van der Waals surface area contributed by atoms with E-state index in [0.29, 0.717) is 31.0 Å². The molecule has 7 heteroatoms. The molecule has 7 nitrogen and oxygen atoms in total. The minimum absolute atomic E-state index is 0.0132. The predicted molar refractivity (Wildman–Crippen MR) is 114 cm³/mol. The van der Waals surface area contributed by atoms with Gasteiger partial charge in [0, 0.05) is 50.8 Å². The third kappa shape index (κ3) is 3.30. The van der Waals surface area contributed by atoms with Gasteiger partial charge in [0.2, 0.25) is 0 Å². The molecule has 1 saturated carbocycles. The van der Waals surface area contributed by atoms with Crippen molar-refractivity contribution in [3.8, 4) is 0 Å². The summed E-state index contributed by atoms with van der Waals surface area (Å²) in [5.74, 6) is 0.677. The number of nitrogens with one attached hydrogen (secondary N) is 1. The molecule has 4 heterocycles. The molecule has 158 valence electrons. The minimum atomic E-state index is 0.0132. The van der Waals surface area contributed by atoms with E-state index in [2.05, 4.69) is 15.3 Å². The molecular formula is C23H29N5O2. The third-order valence-electron chi connectivity index (χ3n) is 7.48. The molecule has 1 N–H and O–H groups in total. The van der Waals surface area contributed by atoms with Gasteiger partial charge in [0.15, 0.2) is 0 Å². The molecular weight excluding hydrogens is 378 g/mol. The number of fused-ring (bicyclic) bond motifs is 1. The zero-order valence-electron chi connectivity index (χ0n) is 17.8. The van der Waals surface area contributed by atoms with Crippen LogP contribution in [0.2, 0.25) is 0 Å². The molecule has 1 aliphatic carbocycles. The SMILES string of the molecule is CC1=NCC(C)=C1C(=O)N1CCC2(CC1)CC2CNC(=O)N1Cc2ccncc2C1. The van der Waals surface area contributed by atoms with Gasteiger partial charge in [0.05, 0.1) is 12.1 Å². The van der Waals surface area contributed by atoms with E-state index in [1.807, 2.05) is 35.9 Å². The van der Waals surface area contributed by atoms with Crippen molar-refractivity contribution in [2.24, 2.45) is 16.3 Å². The van der Waals surface area contributed by atoms with Crippen molar-refractivity contribution in [2.75, 3.05) is 26.2 Å². The molecule has 1 spiro atoms. The fourth-order valence-corrected chi connectivity index (χ4v) is 5.37. The van der Waals surface area contributed by atoms with Gasteiger partial charge < -0.3 is 15.1 Å². The molecule has 1 unspecified atom stereocenters. The van der Waals surface area contributed by atoms with Gasteiger partial charge in [0.25, 0.3) is 5.91 Å². The Labute approximate surface area is 177 Å². The van der Waals surface area contributed by atoms with E-state index in [1.165, 1.54) is 5.56 Å². The van der Waals surface area contributed by atoms with Gasteiger partial charge in [-0.1, -0.05) is 0 Å². The number of rotatable bonds is 3. The van der Waals surface area contributed by atoms with E-state index < -0.39 is 0 Å². The molecule has 3 amide bonds. The zero-order valence-corrected chi connectivity index (χ0v) is 17.8. The lowest BCUT2D eigenvalue weighted by atomic mass is 9.90. The van der Waals surface area contributed by atoms with Crippen molar-refractivity contribution in [2.45, 2.75) is 46.2 Å². The quantitative estimate of drug-likeness (QED) is 0.836. The molecule has 1 aromatic heterocycles. The third-order valence-corrected chi connectivity index (χ3v) is 7.48. The number of carbonyl (C=O) groups excluding carboxylic acids is 2. The summed E-state index contributed by atoms with van der Waals surface area (Å²) in [6, 6.07) is 2.00. The van der Waals surface area contributed by atoms with Crippen LogP contribution in [0.1, 0.15) is 44.2 Å². The molecule has 2 fully saturated rings. The predicted octanol–water partition coefficient (Wildman–Crippen LogP) is 2.53. The summed E-state index contributed by atoms with van der Waals surface area (Å²) < 4.78 is 0. The topological polar surface area (TPSA) is 77.9 Å². The fourth-order valence-electron chi connectivity index (χ4n) is 5.37. The Kier molecular flexibility index (Phi) is 4.64. The van der Waals surface area contributed by atoms with Gasteiger partial charge >= 0.3 is 6.03 Å². The molecule has 0 radical (unpaired) electrons. The standard InChI is InChI=1S/C23H29N5O2/c1-15-10-25-16(2)20(15)21(29)27-7-4-23(5-8-27)9-19(23)12-26-22(30)28-13-17-3-6-24-11-18(17)14-28/h3,6,11,19H,4-5,7-10,12-14H2,1-2H3,(H,26,30). The summed E-state index contributed by atoms with van der Waals surface area (Å²) in [5, 5.41) is 3.15. The Morgan fingerprint density at radius 1 is 1.17 bits per heavy atom. The molecule has 30 heavy (non-hydrogen) atoms. The number of hydrogen-bond acceptors (Lipinski definition) is 4. The van der Waals surface area contributed by atoms with E-state index in [0.717, 1.165) is 61.3 Å². The van der Waals surface area contributed by atoms with Crippen molar-refractivity contribution >= 4 is 17.6 Å². The molecule has 1 atom stereocenters. The maximum absolute atomic E-state index is 12.9. The highest BCUT2D eigenvalue weighted by molar-refractivity contribution is 6.22. The lowest BCUT2D eigenvalue weighted by molar-refractivity contribution is -0.128. The lowest BCUT2D eigenvalue weighted by Gasteiger charge is -2.33. The number of carbonyl (C=O) groups is 2. The smallest absolute Gasteiger partial charge is 0.318 e. The van der Waals surface area contributed by atoms with Crippen LogP contribution in [0.5, 0.6) is 0 Å². The van der Waals surface area contributed by atoms with E-state index >= 15 is 0 Å². The van der Waals surface area contributed by atoms with Crippen molar-refractivity contribution in [1.82, 2.24) is 20.1 Å². The summed E-state index contributed by atoms with van der Waals surface area (Å²) in [6.45, 7) is 8.24. The van der Waals surface area contributed by atoms with E-state index in [9.17, 15) is 9.59 Å². The number of nitrogens with zero attached hydrogens (tertiary/aromatic N) is 4. The number of urea groups is 1. The largest absolute Gasteiger partial charge is 0.339 e. The first-order valence-electron chi connectivity index (χ1n) is 10.9. The van der Waals surface area contributed by atoms with Gasteiger partial charge in [-0.25, -0.2) is 4.79 Å². The molecule has 5 rings (SSSR count). The summed E-state index contributed by atoms with van der Waals surface area (Å²) in [6.07, 6.45) is 6.85. The summed E-state index contributed by atoms with van der Waals surface area (Å²) in [5.41, 5.74) is 5.43. The Balaban J connectivity index is 1.10. The average Bonchev–Trinajstić information content (AvgIpc) is 3.08. The van der Waals surface area contributed by atoms with Crippen LogP contribution in [0, 0.1) is 11.3 Å². The zero-order chi connectivity index (χ0) is 20.9. The molecule has 4 aliphatic rings. The number of likely N-dealkylation sites (tertiary alicyclic amines) is 1. The van der Waals surface area contributed by atoms with Crippen LogP contribution in [-0.4, -0.2) is 58.6 Å². The van der Waals surface area contributed by atoms with Crippen LogP contribution in [0.15, 0.2) is 34.6 Å². The number of piperidine rings is 1. The summed E-state index contributed by atoms with van der Waals surface area (Å²) >= 11 is 0. The second-order valence-electron chi connectivity index (χ2n) is 9.30. The van der Waals surface area contributed by atoms with Gasteiger partial charge in [0.1, 0.15) is 0 Å². The summed E-state index contributed by atoms with van der Waals surface area (Å²) in [7, 11) is 0. The second kappa shape index (κ2) is 7.22. The minimum Gasteiger partial charge on any atom is -0.339 e. The highest BCUT2D eigenvalue weighted by Crippen LogP contribution is 2.59. The molecule has 1 saturated heterocycles. The maximum atomic E-state index is 12.9. The molecule has 1 aromatic rings. The van der Waals surface area contributed by atoms with Crippen molar-refractivity contribution < 1.29 is 9.59 Å². The van der Waals surface area contributed by atoms with Gasteiger partial charge in [-0.3, -0.25) is 14.8 Å². The fraction of sp³-hybridized carbons (Fsp3) is 0.565. The van der Waals surface area contributed by atoms with Crippen LogP contribution in [-0.2, 0) is 17.9 Å². The van der Waals surface area contributed by atoms with Crippen molar-refractivity contribution in [3.05, 3.63) is 40.7 Å². The number of hydrogen-bond donors (Lipinski definition) is 1. The maximum Gasteiger partial charge on any atom is 0.318 e. The Morgan fingerprint density at radius 3 is 2.63 bits per heavy atom. The highest BCUT2D eigenvalue weighted by Gasteiger charge is 2.55. The molecule has 3 aliphatic heterocycles. The first kappa shape index (κ1) is 19.3. The van der Waals surface area contributed by atoms with E-state index in [1.54, 1.807) is 6.20 Å². The van der Waals surface area contributed by atoms with E-state index in [-0.39, 0.29) is 11.9 Å². The Hall–Kier alpha value is -2.70. The van der Waals surface area contributed by atoms with Crippen LogP contribution in [0.25, 0.3) is 0 Å². The normalized spacial score (nSPS) is 24.2. The second-order valence-corrected chi connectivity index (χ2v) is 9.30. The first-order valence-corrected chi connectivity index (χ1v) is 10.9. The average molecular weight is 408 g/mol. The van der Waals surface area contributed by atoms with E-state index in [4.69, 9.17) is 0 Å². The van der Waals surface area contributed by atoms with Gasteiger partial charge in [-0.15, -0.1) is 0 Å². The number of pyridine rings is 1. The number of aromatic nitrogens is 1. The van der Waals surface area contributed by atoms with Gasteiger partial charge in [-0.2, -0.15) is 0 Å². The lowest BCUT2D eigenvalue weighted by Crippen LogP contribution is -2.42. The van der Waals surface area contributed by atoms with Crippen molar-refractivity contribution in [1.29, 1.82) is 0 Å². The number of amides is 3. The highest BCUT2D eigenvalue weighted by atomic mass is 16.2. The van der Waals surface area contributed by atoms with Crippen LogP contribution >= 0.6 is 0 Å². The Bertz CT molecular complexity index is 933. The molecule has 0 bridgehead atoms. The number of aliphatic imine (C=N–C) groups is 1. The van der Waals surface area contributed by atoms with Crippen molar-refractivity contribution in [3.63, 3.8) is 0 Å². The molecule has 0 aromatic carbocycles. The van der Waals surface area contributed by atoms with Gasteiger partial charge in [-0.05, 0) is 67.2 Å². The van der Waals surface area contributed by atoms with Crippen LogP contribution < -0.4 is 5.32 Å². The monoisotopic (exact) mass is 407 g/mol. The van der Waals surface area contributed by atoms with Crippen LogP contribution in [0.4, 0.5) is 4.79 Å². The summed E-state index contributed by atoms with van der Waals surface area (Å²) in [4.78, 5) is 37.9. The first-order chi connectivity index (χ1) is 14.5.